The summed E-state index contributed by atoms with van der Waals surface area (Å²) in [6, 6.07) is 3.07. The number of aliphatic hydroxyl groups is 1. The van der Waals surface area contributed by atoms with E-state index in [1.807, 2.05) is 0 Å². The van der Waals surface area contributed by atoms with Crippen LogP contribution in [-0.2, 0) is 0 Å². The van der Waals surface area contributed by atoms with Gasteiger partial charge in [-0.3, -0.25) is 9.59 Å². The molecule has 0 aliphatic heterocycles. The Kier molecular flexibility index (Phi) is 3.81. The summed E-state index contributed by atoms with van der Waals surface area (Å²) in [4.78, 5) is 25.7. The number of hydrogen-bond acceptors (Lipinski definition) is 3. The van der Waals surface area contributed by atoms with Crippen LogP contribution in [0.5, 0.6) is 0 Å². The van der Waals surface area contributed by atoms with Crippen LogP contribution in [-0.4, -0.2) is 28.1 Å². The molecule has 0 unspecified atom stereocenters. The Bertz CT molecular complexity index is 475. The standard InChI is InChI=1S/C13H18N2O3/c16-11-10(5-4-8-14-11)12(17)15-9-13(18)6-2-1-3-7-13/h4-5,8,18H,1-3,6-7,9H2,(H,14,16)(H,15,17). The van der Waals surface area contributed by atoms with Gasteiger partial charge >= 0.3 is 0 Å². The SMILES string of the molecule is O=C(NCC1(O)CCCCC1)c1ccc[nH]c1=O. The molecule has 3 N–H and O–H groups in total. The number of pyridine rings is 1. The van der Waals surface area contributed by atoms with Crippen molar-refractivity contribution >= 4 is 5.91 Å². The highest BCUT2D eigenvalue weighted by molar-refractivity contribution is 5.93. The highest BCUT2D eigenvalue weighted by atomic mass is 16.3. The maximum atomic E-state index is 11.8. The number of aromatic amines is 1. The lowest BCUT2D eigenvalue weighted by Gasteiger charge is -2.32. The van der Waals surface area contributed by atoms with Crippen molar-refractivity contribution in [3.63, 3.8) is 0 Å². The van der Waals surface area contributed by atoms with Gasteiger partial charge in [0.05, 0.1) is 5.60 Å². The second-order valence-electron chi connectivity index (χ2n) is 4.88. The molecule has 1 saturated carbocycles. The quantitative estimate of drug-likeness (QED) is 0.742. The lowest BCUT2D eigenvalue weighted by molar-refractivity contribution is 0.00524. The molecule has 1 heterocycles. The Morgan fingerprint density at radius 3 is 2.78 bits per heavy atom. The van der Waals surface area contributed by atoms with E-state index in [-0.39, 0.29) is 12.1 Å². The number of H-pyrrole nitrogens is 1. The second-order valence-corrected chi connectivity index (χ2v) is 4.88. The molecule has 0 saturated heterocycles. The van der Waals surface area contributed by atoms with Gasteiger partial charge in [0.15, 0.2) is 0 Å². The summed E-state index contributed by atoms with van der Waals surface area (Å²) in [5.74, 6) is -0.434. The van der Waals surface area contributed by atoms with Gasteiger partial charge in [-0.15, -0.1) is 0 Å². The third-order valence-electron chi connectivity index (χ3n) is 3.43. The van der Waals surface area contributed by atoms with Gasteiger partial charge < -0.3 is 15.4 Å². The Balaban J connectivity index is 1.96. The van der Waals surface area contributed by atoms with Gasteiger partial charge in [-0.2, -0.15) is 0 Å². The zero-order valence-corrected chi connectivity index (χ0v) is 10.2. The van der Waals surface area contributed by atoms with E-state index < -0.39 is 17.1 Å². The molecule has 18 heavy (non-hydrogen) atoms. The van der Waals surface area contributed by atoms with Crippen molar-refractivity contribution in [2.75, 3.05) is 6.54 Å². The highest BCUT2D eigenvalue weighted by Gasteiger charge is 2.29. The Labute approximate surface area is 105 Å². The predicted octanol–water partition coefficient (Wildman–Crippen LogP) is 0.800. The fourth-order valence-electron chi connectivity index (χ4n) is 2.33. The molecule has 0 radical (unpaired) electrons. The molecular weight excluding hydrogens is 232 g/mol. The van der Waals surface area contributed by atoms with E-state index in [4.69, 9.17) is 0 Å². The molecule has 5 nitrogen and oxygen atoms in total. The third-order valence-corrected chi connectivity index (χ3v) is 3.43. The average Bonchev–Trinajstić information content (AvgIpc) is 2.38. The molecule has 1 aromatic rings. The van der Waals surface area contributed by atoms with Crippen molar-refractivity contribution in [3.8, 4) is 0 Å². The molecule has 1 amide bonds. The van der Waals surface area contributed by atoms with Gasteiger partial charge in [-0.25, -0.2) is 0 Å². The zero-order valence-electron chi connectivity index (χ0n) is 10.2. The number of carbonyl (C=O) groups excluding carboxylic acids is 1. The van der Waals surface area contributed by atoms with Gasteiger partial charge in [0, 0.05) is 12.7 Å². The van der Waals surface area contributed by atoms with Crippen LogP contribution in [0.1, 0.15) is 42.5 Å². The lowest BCUT2D eigenvalue weighted by atomic mass is 9.85. The van der Waals surface area contributed by atoms with Crippen molar-refractivity contribution in [2.24, 2.45) is 0 Å². The maximum absolute atomic E-state index is 11.8. The van der Waals surface area contributed by atoms with Gasteiger partial charge in [0.25, 0.3) is 11.5 Å². The fraction of sp³-hybridized carbons (Fsp3) is 0.538. The molecule has 1 aromatic heterocycles. The summed E-state index contributed by atoms with van der Waals surface area (Å²) >= 11 is 0. The fourth-order valence-corrected chi connectivity index (χ4v) is 2.33. The van der Waals surface area contributed by atoms with Crippen LogP contribution in [0.4, 0.5) is 0 Å². The van der Waals surface area contributed by atoms with E-state index in [9.17, 15) is 14.7 Å². The molecule has 0 atom stereocenters. The monoisotopic (exact) mass is 250 g/mol. The largest absolute Gasteiger partial charge is 0.388 e. The van der Waals surface area contributed by atoms with Crippen LogP contribution >= 0.6 is 0 Å². The topological polar surface area (TPSA) is 82.2 Å². The normalized spacial score (nSPS) is 18.3. The van der Waals surface area contributed by atoms with Crippen molar-refractivity contribution in [1.82, 2.24) is 10.3 Å². The maximum Gasteiger partial charge on any atom is 0.260 e. The minimum Gasteiger partial charge on any atom is -0.388 e. The molecule has 0 spiro atoms. The zero-order chi connectivity index (χ0) is 13.0. The van der Waals surface area contributed by atoms with Crippen LogP contribution in [0, 0.1) is 0 Å². The van der Waals surface area contributed by atoms with Crippen molar-refractivity contribution in [1.29, 1.82) is 0 Å². The molecule has 0 bridgehead atoms. The number of carbonyl (C=O) groups is 1. The molecule has 1 aliphatic carbocycles. The second kappa shape index (κ2) is 5.35. The number of amides is 1. The van der Waals surface area contributed by atoms with E-state index in [0.29, 0.717) is 12.8 Å². The summed E-state index contributed by atoms with van der Waals surface area (Å²) in [6.07, 6.45) is 6.00. The summed E-state index contributed by atoms with van der Waals surface area (Å²) < 4.78 is 0. The smallest absolute Gasteiger partial charge is 0.260 e. The van der Waals surface area contributed by atoms with Crippen molar-refractivity contribution < 1.29 is 9.90 Å². The van der Waals surface area contributed by atoms with Gasteiger partial charge in [0.2, 0.25) is 0 Å². The minimum atomic E-state index is -0.810. The molecule has 98 valence electrons. The first-order valence-electron chi connectivity index (χ1n) is 6.29. The first-order valence-corrected chi connectivity index (χ1v) is 6.29. The predicted molar refractivity (Wildman–Crippen MR) is 67.4 cm³/mol. The van der Waals surface area contributed by atoms with Crippen molar-refractivity contribution in [2.45, 2.75) is 37.7 Å². The summed E-state index contributed by atoms with van der Waals surface area (Å²) in [5, 5.41) is 12.9. The molecule has 1 fully saturated rings. The lowest BCUT2D eigenvalue weighted by Crippen LogP contribution is -2.45. The van der Waals surface area contributed by atoms with Gasteiger partial charge in [0.1, 0.15) is 5.56 Å². The summed E-state index contributed by atoms with van der Waals surface area (Å²) in [7, 11) is 0. The Hall–Kier alpha value is -1.62. The summed E-state index contributed by atoms with van der Waals surface area (Å²) in [6.45, 7) is 0.208. The number of rotatable bonds is 3. The van der Waals surface area contributed by atoms with E-state index in [0.717, 1.165) is 19.3 Å². The van der Waals surface area contributed by atoms with Crippen LogP contribution in [0.25, 0.3) is 0 Å². The van der Waals surface area contributed by atoms with E-state index in [1.54, 1.807) is 6.07 Å². The number of nitrogens with one attached hydrogen (secondary N) is 2. The Morgan fingerprint density at radius 1 is 1.39 bits per heavy atom. The van der Waals surface area contributed by atoms with Crippen LogP contribution in [0.3, 0.4) is 0 Å². The van der Waals surface area contributed by atoms with Gasteiger partial charge in [-0.1, -0.05) is 19.3 Å². The average molecular weight is 250 g/mol. The molecule has 0 aromatic carbocycles. The van der Waals surface area contributed by atoms with Crippen molar-refractivity contribution in [3.05, 3.63) is 34.2 Å². The number of hydrogen-bond donors (Lipinski definition) is 3. The van der Waals surface area contributed by atoms with Crippen LogP contribution in [0.15, 0.2) is 23.1 Å². The first-order chi connectivity index (χ1) is 8.61. The van der Waals surface area contributed by atoms with E-state index >= 15 is 0 Å². The number of aromatic nitrogens is 1. The highest BCUT2D eigenvalue weighted by Crippen LogP contribution is 2.27. The van der Waals surface area contributed by atoms with Crippen LogP contribution < -0.4 is 10.9 Å². The van der Waals surface area contributed by atoms with E-state index in [2.05, 4.69) is 10.3 Å². The Morgan fingerprint density at radius 2 is 2.11 bits per heavy atom. The van der Waals surface area contributed by atoms with Gasteiger partial charge in [-0.05, 0) is 25.0 Å². The molecule has 1 aliphatic rings. The third kappa shape index (κ3) is 2.98. The van der Waals surface area contributed by atoms with Crippen LogP contribution in [0.2, 0.25) is 0 Å². The molecule has 5 heteroatoms. The summed E-state index contributed by atoms with van der Waals surface area (Å²) in [5.41, 5.74) is -1.14. The minimum absolute atomic E-state index is 0.0805. The first kappa shape index (κ1) is 12.8. The van der Waals surface area contributed by atoms with E-state index in [1.165, 1.54) is 12.3 Å². The molecular formula is C13H18N2O3. The molecule has 2 rings (SSSR count).